The molecule has 2 aromatic heterocycles. The zero-order valence-corrected chi connectivity index (χ0v) is 18.9. The van der Waals surface area contributed by atoms with E-state index >= 15 is 0 Å². The summed E-state index contributed by atoms with van der Waals surface area (Å²) in [5, 5.41) is 11.5. The number of nitrogens with one attached hydrogen (secondary N) is 1. The molecule has 9 heteroatoms. The van der Waals surface area contributed by atoms with Crippen molar-refractivity contribution in [2.45, 2.75) is 26.8 Å². The van der Waals surface area contributed by atoms with Crippen LogP contribution >= 0.6 is 0 Å². The molecule has 4 rings (SSSR count). The van der Waals surface area contributed by atoms with Crippen LogP contribution in [0.15, 0.2) is 53.1 Å². The molecule has 2 aromatic carbocycles. The van der Waals surface area contributed by atoms with E-state index in [1.807, 2.05) is 50.2 Å². The van der Waals surface area contributed by atoms with Crippen molar-refractivity contribution < 1.29 is 14.1 Å². The molecule has 0 radical (unpaired) electrons. The predicted octanol–water partition coefficient (Wildman–Crippen LogP) is 3.43. The summed E-state index contributed by atoms with van der Waals surface area (Å²) < 4.78 is 12.1. The number of carbonyl (C=O) groups excluding carboxylic acids is 1. The highest BCUT2D eigenvalue weighted by Crippen LogP contribution is 2.21. The van der Waals surface area contributed by atoms with E-state index in [9.17, 15) is 4.79 Å². The van der Waals surface area contributed by atoms with Crippen molar-refractivity contribution in [3.63, 3.8) is 0 Å². The van der Waals surface area contributed by atoms with E-state index in [0.29, 0.717) is 36.9 Å². The van der Waals surface area contributed by atoms with Gasteiger partial charge in [-0.1, -0.05) is 47.1 Å². The van der Waals surface area contributed by atoms with Crippen molar-refractivity contribution in [1.82, 2.24) is 30.2 Å². The number of ether oxygens (including phenoxy) is 1. The van der Waals surface area contributed by atoms with E-state index in [4.69, 9.17) is 9.26 Å². The third-order valence-corrected chi connectivity index (χ3v) is 5.14. The Labute approximate surface area is 191 Å². The second-order valence-corrected chi connectivity index (χ2v) is 7.73. The molecular formula is C24H26N6O3. The first-order valence-corrected chi connectivity index (χ1v) is 10.7. The van der Waals surface area contributed by atoms with Gasteiger partial charge >= 0.3 is 0 Å². The summed E-state index contributed by atoms with van der Waals surface area (Å²) in [6.45, 7) is 5.60. The van der Waals surface area contributed by atoms with E-state index in [2.05, 4.69) is 25.5 Å². The third-order valence-electron chi connectivity index (χ3n) is 5.14. The number of methoxy groups -OCH3 is 1. The van der Waals surface area contributed by atoms with Gasteiger partial charge in [-0.15, -0.1) is 5.10 Å². The van der Waals surface area contributed by atoms with Gasteiger partial charge in [0.15, 0.2) is 0 Å². The smallest absolute Gasteiger partial charge is 0.297 e. The number of carbonyl (C=O) groups is 1. The standard InChI is InChI=1S/C24H26N6O3/c1-16-5-9-19(10-6-16)21-27-24(33-29-21)22-26-17(2)30(28-22)15-18-7-11-20(12-8-18)23(31)25-13-4-14-32-3/h5-12H,4,13-15H2,1-3H3,(H,25,31). The Hall–Kier alpha value is -3.85. The largest absolute Gasteiger partial charge is 0.385 e. The number of amides is 1. The molecule has 0 unspecified atom stereocenters. The van der Waals surface area contributed by atoms with Crippen LogP contribution in [0.4, 0.5) is 0 Å². The quantitative estimate of drug-likeness (QED) is 0.392. The SMILES string of the molecule is COCCCNC(=O)c1ccc(Cn2nc(-c3nc(-c4ccc(C)cc4)no3)nc2C)cc1. The van der Waals surface area contributed by atoms with Crippen molar-refractivity contribution in [2.75, 3.05) is 20.3 Å². The second kappa shape index (κ2) is 10.2. The first-order chi connectivity index (χ1) is 16.0. The summed E-state index contributed by atoms with van der Waals surface area (Å²) in [5.74, 6) is 1.77. The van der Waals surface area contributed by atoms with Gasteiger partial charge in [0, 0.05) is 31.4 Å². The highest BCUT2D eigenvalue weighted by molar-refractivity contribution is 5.94. The number of hydrogen-bond acceptors (Lipinski definition) is 7. The molecule has 0 bridgehead atoms. The lowest BCUT2D eigenvalue weighted by Gasteiger charge is -2.07. The summed E-state index contributed by atoms with van der Waals surface area (Å²) in [6, 6.07) is 15.3. The lowest BCUT2D eigenvalue weighted by atomic mass is 10.1. The van der Waals surface area contributed by atoms with Crippen molar-refractivity contribution in [3.05, 3.63) is 71.0 Å². The fourth-order valence-electron chi connectivity index (χ4n) is 3.25. The summed E-state index contributed by atoms with van der Waals surface area (Å²) in [5.41, 5.74) is 3.64. The minimum Gasteiger partial charge on any atom is -0.385 e. The topological polar surface area (TPSA) is 108 Å². The average Bonchev–Trinajstić information content (AvgIpc) is 3.45. The molecule has 0 saturated heterocycles. The molecule has 1 amide bonds. The molecule has 1 N–H and O–H groups in total. The number of aryl methyl sites for hydroxylation is 2. The van der Waals surface area contributed by atoms with Crippen LogP contribution in [0.1, 0.15) is 33.7 Å². The molecule has 0 aliphatic carbocycles. The van der Waals surface area contributed by atoms with Crippen LogP contribution in [0.5, 0.6) is 0 Å². The van der Waals surface area contributed by atoms with Gasteiger partial charge in [-0.25, -0.2) is 9.67 Å². The Balaban J connectivity index is 1.42. The molecule has 0 saturated carbocycles. The Morgan fingerprint density at radius 1 is 1.03 bits per heavy atom. The fraction of sp³-hybridized carbons (Fsp3) is 0.292. The zero-order valence-electron chi connectivity index (χ0n) is 18.9. The van der Waals surface area contributed by atoms with Crippen molar-refractivity contribution in [1.29, 1.82) is 0 Å². The average molecular weight is 447 g/mol. The maximum absolute atomic E-state index is 12.2. The Morgan fingerprint density at radius 2 is 1.79 bits per heavy atom. The maximum atomic E-state index is 12.2. The van der Waals surface area contributed by atoms with Crippen LogP contribution in [0.3, 0.4) is 0 Å². The highest BCUT2D eigenvalue weighted by Gasteiger charge is 2.17. The first kappa shape index (κ1) is 22.3. The number of rotatable bonds is 9. The lowest BCUT2D eigenvalue weighted by molar-refractivity contribution is 0.0948. The van der Waals surface area contributed by atoms with E-state index in [0.717, 1.165) is 28.9 Å². The van der Waals surface area contributed by atoms with E-state index in [1.165, 1.54) is 0 Å². The van der Waals surface area contributed by atoms with E-state index in [1.54, 1.807) is 23.9 Å². The summed E-state index contributed by atoms with van der Waals surface area (Å²) >= 11 is 0. The normalized spacial score (nSPS) is 11.0. The number of nitrogens with zero attached hydrogens (tertiary/aromatic N) is 5. The highest BCUT2D eigenvalue weighted by atomic mass is 16.5. The molecule has 0 fully saturated rings. The van der Waals surface area contributed by atoms with Crippen molar-refractivity contribution in [3.8, 4) is 23.1 Å². The summed E-state index contributed by atoms with van der Waals surface area (Å²) in [6.07, 6.45) is 0.779. The molecule has 2 heterocycles. The van der Waals surface area contributed by atoms with Gasteiger partial charge in [0.05, 0.1) is 6.54 Å². The Bertz CT molecular complexity index is 1210. The van der Waals surface area contributed by atoms with Crippen molar-refractivity contribution >= 4 is 5.91 Å². The second-order valence-electron chi connectivity index (χ2n) is 7.73. The lowest BCUT2D eigenvalue weighted by Crippen LogP contribution is -2.25. The van der Waals surface area contributed by atoms with Crippen LogP contribution in [0.25, 0.3) is 23.1 Å². The van der Waals surface area contributed by atoms with Crippen LogP contribution in [0, 0.1) is 13.8 Å². The number of benzene rings is 2. The molecular weight excluding hydrogens is 420 g/mol. The van der Waals surface area contributed by atoms with Gasteiger partial charge in [-0.05, 0) is 38.0 Å². The molecule has 0 spiro atoms. The molecule has 9 nitrogen and oxygen atoms in total. The maximum Gasteiger partial charge on any atom is 0.297 e. The van der Waals surface area contributed by atoms with Crippen LogP contribution in [-0.4, -0.2) is 51.1 Å². The van der Waals surface area contributed by atoms with Gasteiger partial charge in [0.2, 0.25) is 11.6 Å². The van der Waals surface area contributed by atoms with Gasteiger partial charge in [0.1, 0.15) is 5.82 Å². The van der Waals surface area contributed by atoms with Gasteiger partial charge < -0.3 is 14.6 Å². The van der Waals surface area contributed by atoms with Crippen LogP contribution < -0.4 is 5.32 Å². The Kier molecular flexibility index (Phi) is 6.89. The molecule has 0 aliphatic rings. The monoisotopic (exact) mass is 446 g/mol. The number of aromatic nitrogens is 5. The van der Waals surface area contributed by atoms with Crippen LogP contribution in [-0.2, 0) is 11.3 Å². The fourth-order valence-corrected chi connectivity index (χ4v) is 3.25. The van der Waals surface area contributed by atoms with Crippen LogP contribution in [0.2, 0.25) is 0 Å². The molecule has 170 valence electrons. The minimum absolute atomic E-state index is 0.0994. The van der Waals surface area contributed by atoms with Gasteiger partial charge in [0.25, 0.3) is 11.8 Å². The Morgan fingerprint density at radius 3 is 2.52 bits per heavy atom. The molecule has 0 aliphatic heterocycles. The molecule has 4 aromatic rings. The minimum atomic E-state index is -0.0994. The molecule has 0 atom stereocenters. The third kappa shape index (κ3) is 5.50. The predicted molar refractivity (Wildman–Crippen MR) is 123 cm³/mol. The van der Waals surface area contributed by atoms with Crippen molar-refractivity contribution in [2.24, 2.45) is 0 Å². The summed E-state index contributed by atoms with van der Waals surface area (Å²) in [4.78, 5) is 21.1. The first-order valence-electron chi connectivity index (χ1n) is 10.7. The molecule has 33 heavy (non-hydrogen) atoms. The van der Waals surface area contributed by atoms with E-state index < -0.39 is 0 Å². The summed E-state index contributed by atoms with van der Waals surface area (Å²) in [7, 11) is 1.64. The number of hydrogen-bond donors (Lipinski definition) is 1. The van der Waals surface area contributed by atoms with Gasteiger partial charge in [-0.2, -0.15) is 4.98 Å². The van der Waals surface area contributed by atoms with E-state index in [-0.39, 0.29) is 11.8 Å². The van der Waals surface area contributed by atoms with Gasteiger partial charge in [-0.3, -0.25) is 4.79 Å². The zero-order chi connectivity index (χ0) is 23.2.